The number of nitriles is 1. The predicted octanol–water partition coefficient (Wildman–Crippen LogP) is 3.93. The average molecular weight is 299 g/mol. The molecule has 0 heterocycles. The molecule has 0 fully saturated rings. The van der Waals surface area contributed by atoms with Crippen molar-refractivity contribution in [3.63, 3.8) is 0 Å². The summed E-state index contributed by atoms with van der Waals surface area (Å²) in [6.45, 7) is 0.984. The van der Waals surface area contributed by atoms with Crippen LogP contribution in [0.5, 0.6) is 11.5 Å². The number of benzene rings is 2. The first kappa shape index (κ1) is 15.3. The lowest BCUT2D eigenvalue weighted by Gasteiger charge is -2.11. The Morgan fingerprint density at radius 3 is 2.43 bits per heavy atom. The van der Waals surface area contributed by atoms with Crippen LogP contribution in [0.3, 0.4) is 0 Å². The molecule has 3 nitrogen and oxygen atoms in total. The smallest absolute Gasteiger partial charge is 0.133 e. The molecule has 0 spiro atoms. The fourth-order valence-electron chi connectivity index (χ4n) is 1.84. The number of hydrogen-bond donors (Lipinski definition) is 0. The molecule has 2 aromatic carbocycles. The fraction of sp³-hybridized carbons (Fsp3) is 0.235. The Hall–Kier alpha value is -2.12. The molecular formula is C17H17NO2S. The molecule has 4 heteroatoms. The minimum absolute atomic E-state index is 0.425. The topological polar surface area (TPSA) is 42.2 Å². The molecule has 0 saturated carbocycles. The molecular weight excluding hydrogens is 282 g/mol. The van der Waals surface area contributed by atoms with Gasteiger partial charge in [-0.3, -0.25) is 0 Å². The van der Waals surface area contributed by atoms with E-state index in [2.05, 4.69) is 6.07 Å². The van der Waals surface area contributed by atoms with Gasteiger partial charge in [0, 0.05) is 4.90 Å². The van der Waals surface area contributed by atoms with Gasteiger partial charge >= 0.3 is 0 Å². The van der Waals surface area contributed by atoms with Crippen LogP contribution in [0.2, 0.25) is 0 Å². The molecule has 0 bridgehead atoms. The van der Waals surface area contributed by atoms with Gasteiger partial charge in [0.25, 0.3) is 0 Å². The summed E-state index contributed by atoms with van der Waals surface area (Å²) in [6, 6.07) is 17.6. The summed E-state index contributed by atoms with van der Waals surface area (Å²) in [5.74, 6) is 1.68. The van der Waals surface area contributed by atoms with Crippen molar-refractivity contribution < 1.29 is 9.47 Å². The van der Waals surface area contributed by atoms with Gasteiger partial charge in [-0.2, -0.15) is 5.26 Å². The van der Waals surface area contributed by atoms with Crippen LogP contribution in [0.1, 0.15) is 5.56 Å². The van der Waals surface area contributed by atoms with Crippen LogP contribution in [0.25, 0.3) is 0 Å². The highest BCUT2D eigenvalue weighted by atomic mass is 32.2. The van der Waals surface area contributed by atoms with Crippen molar-refractivity contribution in [1.82, 2.24) is 0 Å². The van der Waals surface area contributed by atoms with Crippen molar-refractivity contribution in [2.75, 3.05) is 19.5 Å². The fourth-order valence-corrected chi connectivity index (χ4v) is 2.39. The van der Waals surface area contributed by atoms with Crippen LogP contribution in [0, 0.1) is 11.3 Å². The van der Waals surface area contributed by atoms with Gasteiger partial charge in [0.2, 0.25) is 0 Å². The van der Waals surface area contributed by atoms with E-state index in [-0.39, 0.29) is 0 Å². The van der Waals surface area contributed by atoms with Crippen LogP contribution in [0.4, 0.5) is 0 Å². The number of rotatable bonds is 7. The summed E-state index contributed by atoms with van der Waals surface area (Å²) < 4.78 is 11.3. The first-order valence-electron chi connectivity index (χ1n) is 6.68. The van der Waals surface area contributed by atoms with Crippen LogP contribution >= 0.6 is 11.8 Å². The van der Waals surface area contributed by atoms with E-state index in [1.807, 2.05) is 54.8 Å². The van der Waals surface area contributed by atoms with Crippen molar-refractivity contribution in [3.05, 3.63) is 54.1 Å². The van der Waals surface area contributed by atoms with Crippen LogP contribution in [0.15, 0.2) is 53.4 Å². The Labute approximate surface area is 129 Å². The molecule has 2 aromatic rings. The Kier molecular flexibility index (Phi) is 5.99. The highest BCUT2D eigenvalue weighted by Gasteiger charge is 2.01. The van der Waals surface area contributed by atoms with E-state index in [1.54, 1.807) is 11.8 Å². The van der Waals surface area contributed by atoms with Crippen molar-refractivity contribution in [2.24, 2.45) is 0 Å². The summed E-state index contributed by atoms with van der Waals surface area (Å²) in [5.41, 5.74) is 0.995. The third-order valence-electron chi connectivity index (χ3n) is 2.89. The second-order valence-corrected chi connectivity index (χ2v) is 5.17. The minimum atomic E-state index is 0.425. The summed E-state index contributed by atoms with van der Waals surface area (Å²) in [6.07, 6.45) is 2.45. The molecule has 0 amide bonds. The van der Waals surface area contributed by atoms with Gasteiger partial charge in [0.15, 0.2) is 0 Å². The van der Waals surface area contributed by atoms with E-state index in [1.165, 1.54) is 0 Å². The van der Waals surface area contributed by atoms with Gasteiger partial charge in [-0.15, -0.1) is 11.8 Å². The maximum atomic E-state index is 8.61. The van der Waals surface area contributed by atoms with E-state index < -0.39 is 0 Å². The summed E-state index contributed by atoms with van der Waals surface area (Å²) >= 11 is 1.66. The number of para-hydroxylation sites is 1. The van der Waals surface area contributed by atoms with Gasteiger partial charge in [-0.1, -0.05) is 24.3 Å². The van der Waals surface area contributed by atoms with E-state index >= 15 is 0 Å². The summed E-state index contributed by atoms with van der Waals surface area (Å²) in [5, 5.41) is 8.61. The maximum absolute atomic E-state index is 8.61. The van der Waals surface area contributed by atoms with Gasteiger partial charge in [-0.05, 0) is 36.1 Å². The van der Waals surface area contributed by atoms with Crippen molar-refractivity contribution in [1.29, 1.82) is 5.26 Å². The summed E-state index contributed by atoms with van der Waals surface area (Å²) in [7, 11) is 0. The van der Waals surface area contributed by atoms with Gasteiger partial charge in [0.05, 0.1) is 12.5 Å². The van der Waals surface area contributed by atoms with Crippen LogP contribution in [-0.2, 0) is 6.42 Å². The molecule has 0 saturated heterocycles. The van der Waals surface area contributed by atoms with E-state index in [4.69, 9.17) is 14.7 Å². The zero-order chi connectivity index (χ0) is 14.9. The Balaban J connectivity index is 1.78. The molecule has 2 rings (SSSR count). The lowest BCUT2D eigenvalue weighted by molar-refractivity contribution is 0.214. The molecule has 0 aliphatic rings. The first-order chi connectivity index (χ1) is 10.3. The van der Waals surface area contributed by atoms with Crippen molar-refractivity contribution >= 4 is 11.8 Å². The molecule has 108 valence electrons. The average Bonchev–Trinajstić information content (AvgIpc) is 2.54. The zero-order valence-corrected chi connectivity index (χ0v) is 12.7. The molecule has 0 aliphatic carbocycles. The highest BCUT2D eigenvalue weighted by molar-refractivity contribution is 7.98. The van der Waals surface area contributed by atoms with Crippen LogP contribution < -0.4 is 9.47 Å². The van der Waals surface area contributed by atoms with Gasteiger partial charge < -0.3 is 9.47 Å². The van der Waals surface area contributed by atoms with Gasteiger partial charge in [0.1, 0.15) is 24.7 Å². The van der Waals surface area contributed by atoms with E-state index in [0.717, 1.165) is 22.0 Å². The third-order valence-corrected chi connectivity index (χ3v) is 3.66. The molecule has 0 N–H and O–H groups in total. The highest BCUT2D eigenvalue weighted by Crippen LogP contribution is 2.26. The standard InChI is InChI=1S/C17H17NO2S/c1-21-17-5-3-2-4-16(17)20-13-12-19-15-8-6-14(7-9-15)10-11-18/h2-9H,10,12-13H2,1H3. The monoisotopic (exact) mass is 299 g/mol. The third kappa shape index (κ3) is 4.73. The van der Waals surface area contributed by atoms with Crippen LogP contribution in [-0.4, -0.2) is 19.5 Å². The van der Waals surface area contributed by atoms with E-state index in [9.17, 15) is 0 Å². The summed E-state index contributed by atoms with van der Waals surface area (Å²) in [4.78, 5) is 1.12. The second kappa shape index (κ2) is 8.23. The van der Waals surface area contributed by atoms with Crippen molar-refractivity contribution in [2.45, 2.75) is 11.3 Å². The number of nitrogens with zero attached hydrogens (tertiary/aromatic N) is 1. The zero-order valence-electron chi connectivity index (χ0n) is 11.9. The Morgan fingerprint density at radius 1 is 1.00 bits per heavy atom. The normalized spacial score (nSPS) is 9.90. The van der Waals surface area contributed by atoms with Crippen molar-refractivity contribution in [3.8, 4) is 17.6 Å². The molecule has 0 atom stereocenters. The lowest BCUT2D eigenvalue weighted by atomic mass is 10.2. The molecule has 0 unspecified atom stereocenters. The minimum Gasteiger partial charge on any atom is -0.490 e. The molecule has 21 heavy (non-hydrogen) atoms. The number of ether oxygens (including phenoxy) is 2. The second-order valence-electron chi connectivity index (χ2n) is 4.33. The van der Waals surface area contributed by atoms with E-state index in [0.29, 0.717) is 19.6 Å². The first-order valence-corrected chi connectivity index (χ1v) is 7.90. The Bertz CT molecular complexity index is 605. The number of thioether (sulfide) groups is 1. The number of hydrogen-bond acceptors (Lipinski definition) is 4. The maximum Gasteiger partial charge on any atom is 0.133 e. The molecule has 0 aromatic heterocycles. The largest absolute Gasteiger partial charge is 0.490 e. The van der Waals surface area contributed by atoms with Gasteiger partial charge in [-0.25, -0.2) is 0 Å². The quantitative estimate of drug-likeness (QED) is 0.574. The Morgan fingerprint density at radius 2 is 1.71 bits per heavy atom. The lowest BCUT2D eigenvalue weighted by Crippen LogP contribution is -2.09. The molecule has 0 aliphatic heterocycles. The predicted molar refractivity (Wildman–Crippen MR) is 85.0 cm³/mol. The SMILES string of the molecule is CSc1ccccc1OCCOc1ccc(CC#N)cc1. The molecule has 0 radical (unpaired) electrons.